The minimum atomic E-state index is -0.781. The summed E-state index contributed by atoms with van der Waals surface area (Å²) in [5.74, 6) is -0.206. The van der Waals surface area contributed by atoms with Gasteiger partial charge in [-0.1, -0.05) is 12.1 Å². The first-order valence-corrected chi connectivity index (χ1v) is 6.21. The highest BCUT2D eigenvalue weighted by molar-refractivity contribution is 5.96. The van der Waals surface area contributed by atoms with Gasteiger partial charge in [0.05, 0.1) is 30.1 Å². The summed E-state index contributed by atoms with van der Waals surface area (Å²) in [6, 6.07) is 5.43. The normalized spacial score (nSPS) is 23.5. The Morgan fingerprint density at radius 3 is 2.63 bits per heavy atom. The van der Waals surface area contributed by atoms with Crippen molar-refractivity contribution < 1.29 is 15.0 Å². The molecular weight excluding hydrogens is 246 g/mol. The van der Waals surface area contributed by atoms with Crippen LogP contribution in [0.4, 0.5) is 11.4 Å². The number of aliphatic hydroxyl groups excluding tert-OH is 2. The highest BCUT2D eigenvalue weighted by Gasteiger charge is 2.30. The molecule has 1 amide bonds. The molecule has 1 aliphatic rings. The number of hydrogen-bond acceptors (Lipinski definition) is 5. The monoisotopic (exact) mass is 265 g/mol. The van der Waals surface area contributed by atoms with Crippen LogP contribution in [0.3, 0.4) is 0 Å². The fraction of sp³-hybridized carbons (Fsp3) is 0.462. The molecule has 19 heavy (non-hydrogen) atoms. The molecule has 6 nitrogen and oxygen atoms in total. The van der Waals surface area contributed by atoms with Crippen LogP contribution in [0.1, 0.15) is 5.56 Å². The molecule has 1 fully saturated rings. The molecule has 6 heteroatoms. The highest BCUT2D eigenvalue weighted by Crippen LogP contribution is 2.22. The second-order valence-electron chi connectivity index (χ2n) is 4.92. The first-order chi connectivity index (χ1) is 8.97. The van der Waals surface area contributed by atoms with Crippen LogP contribution in [0.25, 0.3) is 0 Å². The molecule has 0 saturated carbocycles. The SMILES string of the molecule is Cc1cccc(N)c1NC(=O)CN1CC(O)C(O)C1. The summed E-state index contributed by atoms with van der Waals surface area (Å²) in [5.41, 5.74) is 7.85. The third-order valence-corrected chi connectivity index (χ3v) is 3.27. The largest absolute Gasteiger partial charge is 0.397 e. The number of β-amino-alcohol motifs (C(OH)–C–C–N with tert-alkyl or cyclic N) is 2. The van der Waals surface area contributed by atoms with E-state index in [0.29, 0.717) is 24.5 Å². The maximum Gasteiger partial charge on any atom is 0.238 e. The van der Waals surface area contributed by atoms with Crippen molar-refractivity contribution in [3.63, 3.8) is 0 Å². The van der Waals surface area contributed by atoms with E-state index in [1.54, 1.807) is 11.0 Å². The number of para-hydroxylation sites is 1. The molecule has 1 aliphatic heterocycles. The maximum absolute atomic E-state index is 11.9. The number of hydrogen-bond donors (Lipinski definition) is 4. The second-order valence-corrected chi connectivity index (χ2v) is 4.92. The fourth-order valence-corrected chi connectivity index (χ4v) is 2.22. The number of nitrogens with zero attached hydrogens (tertiary/aromatic N) is 1. The lowest BCUT2D eigenvalue weighted by Gasteiger charge is -2.16. The number of nitrogens with one attached hydrogen (secondary N) is 1. The Kier molecular flexibility index (Phi) is 4.04. The summed E-state index contributed by atoms with van der Waals surface area (Å²) < 4.78 is 0. The third-order valence-electron chi connectivity index (χ3n) is 3.27. The average molecular weight is 265 g/mol. The number of benzene rings is 1. The number of rotatable bonds is 3. The van der Waals surface area contributed by atoms with Gasteiger partial charge in [-0.15, -0.1) is 0 Å². The number of aryl methyl sites for hydroxylation is 1. The highest BCUT2D eigenvalue weighted by atomic mass is 16.3. The van der Waals surface area contributed by atoms with Gasteiger partial charge in [0, 0.05) is 13.1 Å². The Morgan fingerprint density at radius 1 is 1.42 bits per heavy atom. The van der Waals surface area contributed by atoms with Gasteiger partial charge >= 0.3 is 0 Å². The molecule has 0 aliphatic carbocycles. The summed E-state index contributed by atoms with van der Waals surface area (Å²) in [6.45, 7) is 2.60. The summed E-state index contributed by atoms with van der Waals surface area (Å²) in [5, 5.41) is 21.6. The van der Waals surface area contributed by atoms with Gasteiger partial charge in [0.15, 0.2) is 0 Å². The fourth-order valence-electron chi connectivity index (χ4n) is 2.22. The lowest BCUT2D eigenvalue weighted by atomic mass is 10.1. The van der Waals surface area contributed by atoms with Gasteiger partial charge in [0.2, 0.25) is 5.91 Å². The number of nitrogen functional groups attached to an aromatic ring is 1. The molecule has 1 aromatic rings. The Bertz CT molecular complexity index is 448. The van der Waals surface area contributed by atoms with E-state index in [1.807, 2.05) is 19.1 Å². The quantitative estimate of drug-likeness (QED) is 0.555. The van der Waals surface area contributed by atoms with Crippen LogP contribution >= 0.6 is 0 Å². The Balaban J connectivity index is 1.95. The molecule has 104 valence electrons. The minimum Gasteiger partial charge on any atom is -0.397 e. The van der Waals surface area contributed by atoms with Crippen LogP contribution in [0.5, 0.6) is 0 Å². The van der Waals surface area contributed by atoms with Crippen LogP contribution in [0.2, 0.25) is 0 Å². The molecular formula is C13H19N3O3. The Labute approximate surface area is 111 Å². The van der Waals surface area contributed by atoms with Crippen molar-refractivity contribution in [1.82, 2.24) is 4.90 Å². The zero-order valence-electron chi connectivity index (χ0n) is 10.8. The molecule has 0 spiro atoms. The van der Waals surface area contributed by atoms with Gasteiger partial charge in [-0.3, -0.25) is 9.69 Å². The van der Waals surface area contributed by atoms with Gasteiger partial charge in [-0.05, 0) is 18.6 Å². The number of anilines is 2. The first kappa shape index (κ1) is 13.8. The van der Waals surface area contributed by atoms with E-state index in [-0.39, 0.29) is 12.5 Å². The molecule has 0 radical (unpaired) electrons. The van der Waals surface area contributed by atoms with Crippen molar-refractivity contribution in [3.05, 3.63) is 23.8 Å². The molecule has 1 aromatic carbocycles. The van der Waals surface area contributed by atoms with E-state index in [2.05, 4.69) is 5.32 Å². The zero-order valence-corrected chi connectivity index (χ0v) is 10.8. The summed E-state index contributed by atoms with van der Waals surface area (Å²) >= 11 is 0. The molecule has 2 atom stereocenters. The molecule has 0 bridgehead atoms. The summed E-state index contributed by atoms with van der Waals surface area (Å²) in [4.78, 5) is 13.6. The zero-order chi connectivity index (χ0) is 14.0. The number of carbonyl (C=O) groups excluding carboxylic acids is 1. The smallest absolute Gasteiger partial charge is 0.238 e. The van der Waals surface area contributed by atoms with E-state index in [0.717, 1.165) is 5.56 Å². The number of amides is 1. The Hall–Kier alpha value is -1.63. The van der Waals surface area contributed by atoms with Crippen molar-refractivity contribution >= 4 is 17.3 Å². The Morgan fingerprint density at radius 2 is 2.05 bits per heavy atom. The van der Waals surface area contributed by atoms with E-state index >= 15 is 0 Å². The molecule has 5 N–H and O–H groups in total. The van der Waals surface area contributed by atoms with Crippen LogP contribution in [-0.4, -0.2) is 52.9 Å². The number of nitrogens with two attached hydrogens (primary N) is 1. The minimum absolute atomic E-state index is 0.127. The van der Waals surface area contributed by atoms with E-state index in [4.69, 9.17) is 5.73 Å². The number of aliphatic hydroxyl groups is 2. The number of likely N-dealkylation sites (tertiary alicyclic amines) is 1. The van der Waals surface area contributed by atoms with Gasteiger partial charge in [0.25, 0.3) is 0 Å². The van der Waals surface area contributed by atoms with Crippen LogP contribution in [-0.2, 0) is 4.79 Å². The lowest BCUT2D eigenvalue weighted by molar-refractivity contribution is -0.117. The summed E-state index contributed by atoms with van der Waals surface area (Å²) in [7, 11) is 0. The van der Waals surface area contributed by atoms with Crippen molar-refractivity contribution in [3.8, 4) is 0 Å². The molecule has 1 heterocycles. The van der Waals surface area contributed by atoms with E-state index in [1.165, 1.54) is 0 Å². The summed E-state index contributed by atoms with van der Waals surface area (Å²) in [6.07, 6.45) is -1.56. The topological polar surface area (TPSA) is 98.8 Å². The lowest BCUT2D eigenvalue weighted by Crippen LogP contribution is -2.32. The van der Waals surface area contributed by atoms with Crippen LogP contribution < -0.4 is 11.1 Å². The molecule has 0 aromatic heterocycles. The standard InChI is InChI=1S/C13H19N3O3/c1-8-3-2-4-9(14)13(8)15-12(19)7-16-5-10(17)11(18)6-16/h2-4,10-11,17-18H,5-7,14H2,1H3,(H,15,19). The predicted molar refractivity (Wildman–Crippen MR) is 72.7 cm³/mol. The van der Waals surface area contributed by atoms with Crippen LogP contribution in [0.15, 0.2) is 18.2 Å². The number of carbonyl (C=O) groups is 1. The van der Waals surface area contributed by atoms with Crippen LogP contribution in [0, 0.1) is 6.92 Å². The van der Waals surface area contributed by atoms with Gasteiger partial charge in [0.1, 0.15) is 0 Å². The first-order valence-electron chi connectivity index (χ1n) is 6.21. The van der Waals surface area contributed by atoms with E-state index < -0.39 is 12.2 Å². The molecule has 2 rings (SSSR count). The van der Waals surface area contributed by atoms with Crippen molar-refractivity contribution in [2.45, 2.75) is 19.1 Å². The predicted octanol–water partition coefficient (Wildman–Crippen LogP) is -0.447. The van der Waals surface area contributed by atoms with Gasteiger partial charge in [-0.25, -0.2) is 0 Å². The van der Waals surface area contributed by atoms with E-state index in [9.17, 15) is 15.0 Å². The van der Waals surface area contributed by atoms with Crippen molar-refractivity contribution in [1.29, 1.82) is 0 Å². The van der Waals surface area contributed by atoms with Crippen molar-refractivity contribution in [2.24, 2.45) is 0 Å². The molecule has 1 saturated heterocycles. The third kappa shape index (κ3) is 3.23. The van der Waals surface area contributed by atoms with Gasteiger partial charge < -0.3 is 21.3 Å². The second kappa shape index (κ2) is 5.56. The average Bonchev–Trinajstić information content (AvgIpc) is 2.63. The van der Waals surface area contributed by atoms with Crippen molar-refractivity contribution in [2.75, 3.05) is 30.7 Å². The van der Waals surface area contributed by atoms with Gasteiger partial charge in [-0.2, -0.15) is 0 Å². The maximum atomic E-state index is 11.9. The molecule has 2 unspecified atom stereocenters.